The molecule has 3 N–H and O–H groups in total. The van der Waals surface area contributed by atoms with E-state index < -0.39 is 16.1 Å². The molecule has 1 unspecified atom stereocenters. The van der Waals surface area contributed by atoms with Crippen molar-refractivity contribution < 1.29 is 13.2 Å². The fraction of sp³-hybridized carbons (Fsp3) is 0.417. The minimum absolute atomic E-state index is 0.0160. The van der Waals surface area contributed by atoms with Gasteiger partial charge in [-0.05, 0) is 31.0 Å². The van der Waals surface area contributed by atoms with Gasteiger partial charge in [0.2, 0.25) is 15.9 Å². The molecule has 1 heterocycles. The Morgan fingerprint density at radius 2 is 2.20 bits per heavy atom. The first kappa shape index (κ1) is 15.1. The Morgan fingerprint density at radius 1 is 1.50 bits per heavy atom. The SMILES string of the molecule is CNC(=O)C1CCCN1S(=O)(=O)c1ccc(Cl)cc1N. The molecule has 0 bridgehead atoms. The summed E-state index contributed by atoms with van der Waals surface area (Å²) < 4.78 is 26.4. The Balaban J connectivity index is 2.41. The normalized spacial score (nSPS) is 20.0. The highest BCUT2D eigenvalue weighted by atomic mass is 35.5. The molecule has 8 heteroatoms. The van der Waals surface area contributed by atoms with E-state index in [0.717, 1.165) is 0 Å². The van der Waals surface area contributed by atoms with Gasteiger partial charge in [-0.3, -0.25) is 4.79 Å². The van der Waals surface area contributed by atoms with Crippen LogP contribution in [0, 0.1) is 0 Å². The number of halogens is 1. The summed E-state index contributed by atoms with van der Waals surface area (Å²) in [4.78, 5) is 11.8. The lowest BCUT2D eigenvalue weighted by atomic mass is 10.2. The van der Waals surface area contributed by atoms with E-state index in [4.69, 9.17) is 17.3 Å². The molecule has 20 heavy (non-hydrogen) atoms. The number of hydrogen-bond acceptors (Lipinski definition) is 4. The summed E-state index contributed by atoms with van der Waals surface area (Å²) >= 11 is 5.78. The fourth-order valence-corrected chi connectivity index (χ4v) is 4.27. The highest BCUT2D eigenvalue weighted by Gasteiger charge is 2.39. The Kier molecular flexibility index (Phi) is 4.22. The maximum Gasteiger partial charge on any atom is 0.245 e. The van der Waals surface area contributed by atoms with Crippen molar-refractivity contribution >= 4 is 33.2 Å². The number of carbonyl (C=O) groups excluding carboxylic acids is 1. The predicted molar refractivity (Wildman–Crippen MR) is 76.8 cm³/mol. The third kappa shape index (κ3) is 2.61. The van der Waals surface area contributed by atoms with Gasteiger partial charge in [0.05, 0.1) is 5.69 Å². The van der Waals surface area contributed by atoms with Crippen molar-refractivity contribution in [2.24, 2.45) is 0 Å². The number of hydrogen-bond donors (Lipinski definition) is 2. The second-order valence-electron chi connectivity index (χ2n) is 4.57. The lowest BCUT2D eigenvalue weighted by molar-refractivity contribution is -0.123. The fourth-order valence-electron chi connectivity index (χ4n) is 2.34. The maximum atomic E-state index is 12.6. The minimum atomic E-state index is -3.80. The number of benzene rings is 1. The van der Waals surface area contributed by atoms with Gasteiger partial charge in [-0.25, -0.2) is 8.42 Å². The number of sulfonamides is 1. The number of rotatable bonds is 3. The summed E-state index contributed by atoms with van der Waals surface area (Å²) in [7, 11) is -2.31. The second-order valence-corrected chi connectivity index (χ2v) is 6.87. The topological polar surface area (TPSA) is 92.5 Å². The van der Waals surface area contributed by atoms with Crippen LogP contribution in [0.4, 0.5) is 5.69 Å². The molecular formula is C12H16ClN3O3S. The number of likely N-dealkylation sites (N-methyl/N-ethyl adjacent to an activating group) is 1. The van der Waals surface area contributed by atoms with Crippen LogP contribution < -0.4 is 11.1 Å². The predicted octanol–water partition coefficient (Wildman–Crippen LogP) is 0.821. The van der Waals surface area contributed by atoms with Gasteiger partial charge in [0.1, 0.15) is 10.9 Å². The van der Waals surface area contributed by atoms with Crippen LogP contribution in [-0.4, -0.2) is 38.3 Å². The maximum absolute atomic E-state index is 12.6. The largest absolute Gasteiger partial charge is 0.398 e. The highest BCUT2D eigenvalue weighted by Crippen LogP contribution is 2.30. The first-order chi connectivity index (χ1) is 9.37. The Labute approximate surface area is 122 Å². The third-order valence-corrected chi connectivity index (χ3v) is 5.53. The zero-order valence-electron chi connectivity index (χ0n) is 11.0. The monoisotopic (exact) mass is 317 g/mol. The number of nitrogen functional groups attached to an aromatic ring is 1. The zero-order valence-corrected chi connectivity index (χ0v) is 12.5. The summed E-state index contributed by atoms with van der Waals surface area (Å²) in [6.45, 7) is 0.308. The van der Waals surface area contributed by atoms with E-state index in [1.165, 1.54) is 29.6 Å². The van der Waals surface area contributed by atoms with E-state index in [1.807, 2.05) is 0 Å². The molecule has 1 fully saturated rings. The average molecular weight is 318 g/mol. The Hall–Kier alpha value is -1.31. The molecule has 1 atom stereocenters. The van der Waals surface area contributed by atoms with Gasteiger partial charge in [0, 0.05) is 18.6 Å². The standard InChI is InChI=1S/C12H16ClN3O3S/c1-15-12(17)10-3-2-6-16(10)20(18,19)11-5-4-8(13)7-9(11)14/h4-5,7,10H,2-3,6,14H2,1H3,(H,15,17). The second kappa shape index (κ2) is 5.59. The van der Waals surface area contributed by atoms with Crippen molar-refractivity contribution in [2.45, 2.75) is 23.8 Å². The van der Waals surface area contributed by atoms with Gasteiger partial charge >= 0.3 is 0 Å². The molecule has 1 saturated heterocycles. The molecule has 110 valence electrons. The van der Waals surface area contributed by atoms with Crippen LogP contribution >= 0.6 is 11.6 Å². The summed E-state index contributed by atoms with van der Waals surface area (Å²) in [6, 6.07) is 3.54. The van der Waals surface area contributed by atoms with Crippen LogP contribution in [0.1, 0.15) is 12.8 Å². The third-order valence-electron chi connectivity index (χ3n) is 3.31. The van der Waals surface area contributed by atoms with Crippen molar-refractivity contribution in [3.63, 3.8) is 0 Å². The van der Waals surface area contributed by atoms with Gasteiger partial charge in [-0.1, -0.05) is 11.6 Å². The Morgan fingerprint density at radius 3 is 2.80 bits per heavy atom. The van der Waals surface area contributed by atoms with Crippen molar-refractivity contribution in [3.05, 3.63) is 23.2 Å². The number of nitrogens with zero attached hydrogens (tertiary/aromatic N) is 1. The summed E-state index contributed by atoms with van der Waals surface area (Å²) in [5.74, 6) is -0.307. The molecule has 0 aliphatic carbocycles. The van der Waals surface area contributed by atoms with E-state index in [2.05, 4.69) is 5.32 Å². The molecule has 0 aromatic heterocycles. The number of nitrogens with two attached hydrogens (primary N) is 1. The van der Waals surface area contributed by atoms with Gasteiger partial charge in [-0.15, -0.1) is 0 Å². The van der Waals surface area contributed by atoms with E-state index in [-0.39, 0.29) is 16.5 Å². The quantitative estimate of drug-likeness (QED) is 0.807. The van der Waals surface area contributed by atoms with E-state index in [0.29, 0.717) is 24.4 Å². The lowest BCUT2D eigenvalue weighted by Gasteiger charge is -2.23. The Bertz CT molecular complexity index is 633. The van der Waals surface area contributed by atoms with E-state index in [1.54, 1.807) is 0 Å². The molecule has 1 aromatic rings. The zero-order chi connectivity index (χ0) is 14.9. The van der Waals surface area contributed by atoms with Crippen LogP contribution in [0.5, 0.6) is 0 Å². The average Bonchev–Trinajstić information content (AvgIpc) is 2.87. The molecule has 0 saturated carbocycles. The number of amides is 1. The molecule has 0 radical (unpaired) electrons. The molecule has 1 aliphatic rings. The molecule has 6 nitrogen and oxygen atoms in total. The van der Waals surface area contributed by atoms with Crippen LogP contribution in [-0.2, 0) is 14.8 Å². The van der Waals surface area contributed by atoms with Crippen molar-refractivity contribution in [1.29, 1.82) is 0 Å². The first-order valence-electron chi connectivity index (χ1n) is 6.16. The molecule has 0 spiro atoms. The van der Waals surface area contributed by atoms with Gasteiger partial charge in [-0.2, -0.15) is 4.31 Å². The first-order valence-corrected chi connectivity index (χ1v) is 7.98. The molecule has 1 amide bonds. The number of nitrogens with one attached hydrogen (secondary N) is 1. The number of carbonyl (C=O) groups is 1. The lowest BCUT2D eigenvalue weighted by Crippen LogP contribution is -2.44. The van der Waals surface area contributed by atoms with Crippen molar-refractivity contribution in [1.82, 2.24) is 9.62 Å². The summed E-state index contributed by atoms with van der Waals surface area (Å²) in [6.07, 6.45) is 1.15. The van der Waals surface area contributed by atoms with E-state index in [9.17, 15) is 13.2 Å². The highest BCUT2D eigenvalue weighted by molar-refractivity contribution is 7.89. The van der Waals surface area contributed by atoms with Crippen LogP contribution in [0.2, 0.25) is 5.02 Å². The molecule has 1 aliphatic heterocycles. The number of anilines is 1. The van der Waals surface area contributed by atoms with Crippen LogP contribution in [0.25, 0.3) is 0 Å². The minimum Gasteiger partial charge on any atom is -0.398 e. The summed E-state index contributed by atoms with van der Waals surface area (Å²) in [5, 5.41) is 2.85. The smallest absolute Gasteiger partial charge is 0.245 e. The van der Waals surface area contributed by atoms with Gasteiger partial charge in [0.15, 0.2) is 0 Å². The van der Waals surface area contributed by atoms with Crippen LogP contribution in [0.3, 0.4) is 0 Å². The molecular weight excluding hydrogens is 302 g/mol. The van der Waals surface area contributed by atoms with Crippen molar-refractivity contribution in [2.75, 3.05) is 19.3 Å². The van der Waals surface area contributed by atoms with Crippen LogP contribution in [0.15, 0.2) is 23.1 Å². The van der Waals surface area contributed by atoms with E-state index >= 15 is 0 Å². The molecule has 2 rings (SSSR count). The molecule has 1 aromatic carbocycles. The van der Waals surface area contributed by atoms with Gasteiger partial charge in [0.25, 0.3) is 0 Å². The van der Waals surface area contributed by atoms with Crippen molar-refractivity contribution in [3.8, 4) is 0 Å². The summed E-state index contributed by atoms with van der Waals surface area (Å²) in [5.41, 5.74) is 5.82. The van der Waals surface area contributed by atoms with Gasteiger partial charge < -0.3 is 11.1 Å².